The minimum Gasteiger partial charge on any atom is -0.476 e. The number of rotatable bonds is 4. The van der Waals surface area contributed by atoms with E-state index in [9.17, 15) is 9.90 Å². The third-order valence-corrected chi connectivity index (χ3v) is 4.16. The lowest BCUT2D eigenvalue weighted by Gasteiger charge is -2.11. The van der Waals surface area contributed by atoms with E-state index in [2.05, 4.69) is 4.98 Å². The molecular formula is C13H13ClN2O2S. The van der Waals surface area contributed by atoms with Crippen LogP contribution in [0.15, 0.2) is 24.3 Å². The van der Waals surface area contributed by atoms with E-state index in [0.717, 1.165) is 12.1 Å². The van der Waals surface area contributed by atoms with Crippen LogP contribution in [0.2, 0.25) is 5.02 Å². The highest BCUT2D eigenvalue weighted by Crippen LogP contribution is 2.35. The van der Waals surface area contributed by atoms with Gasteiger partial charge in [0, 0.05) is 18.6 Å². The molecule has 0 saturated heterocycles. The van der Waals surface area contributed by atoms with Gasteiger partial charge in [-0.15, -0.1) is 0 Å². The van der Waals surface area contributed by atoms with Crippen LogP contribution in [0, 0.1) is 0 Å². The topological polar surface area (TPSA) is 53.4 Å². The second-order valence-corrected chi connectivity index (χ2v) is 5.42. The van der Waals surface area contributed by atoms with Crippen molar-refractivity contribution < 1.29 is 9.90 Å². The Kier molecular flexibility index (Phi) is 4.07. The zero-order valence-electron chi connectivity index (χ0n) is 10.6. The molecule has 1 aromatic heterocycles. The van der Waals surface area contributed by atoms with Gasteiger partial charge in [-0.05, 0) is 24.6 Å². The van der Waals surface area contributed by atoms with Gasteiger partial charge in [0.15, 0.2) is 10.8 Å². The zero-order valence-corrected chi connectivity index (χ0v) is 12.1. The normalized spacial score (nSPS) is 10.5. The molecule has 1 aromatic carbocycles. The van der Waals surface area contributed by atoms with E-state index in [4.69, 9.17) is 11.6 Å². The molecule has 0 saturated carbocycles. The van der Waals surface area contributed by atoms with Gasteiger partial charge in [-0.25, -0.2) is 9.78 Å². The first-order valence-corrected chi connectivity index (χ1v) is 6.93. The lowest BCUT2D eigenvalue weighted by molar-refractivity contribution is 0.0692. The van der Waals surface area contributed by atoms with Crippen molar-refractivity contribution in [1.82, 2.24) is 4.98 Å². The van der Waals surface area contributed by atoms with Gasteiger partial charge in [0.25, 0.3) is 0 Å². The monoisotopic (exact) mass is 296 g/mol. The van der Waals surface area contributed by atoms with Gasteiger partial charge in [0.05, 0.1) is 4.88 Å². The largest absolute Gasteiger partial charge is 0.476 e. The van der Waals surface area contributed by atoms with Crippen LogP contribution in [0.4, 0.5) is 5.13 Å². The quantitative estimate of drug-likeness (QED) is 0.936. The summed E-state index contributed by atoms with van der Waals surface area (Å²) < 4.78 is 0. The van der Waals surface area contributed by atoms with E-state index in [0.29, 0.717) is 15.0 Å². The molecular weight excluding hydrogens is 284 g/mol. The maximum atomic E-state index is 11.3. The number of hydrogen-bond acceptors (Lipinski definition) is 4. The van der Waals surface area contributed by atoms with Crippen molar-refractivity contribution in [2.24, 2.45) is 0 Å². The maximum Gasteiger partial charge on any atom is 0.356 e. The second kappa shape index (κ2) is 5.59. The van der Waals surface area contributed by atoms with Crippen LogP contribution in [0.25, 0.3) is 10.4 Å². The number of nitrogens with zero attached hydrogens (tertiary/aromatic N) is 2. The van der Waals surface area contributed by atoms with E-state index >= 15 is 0 Å². The predicted octanol–water partition coefficient (Wildman–Crippen LogP) is 3.62. The van der Waals surface area contributed by atoms with Crippen molar-refractivity contribution in [3.8, 4) is 10.4 Å². The fourth-order valence-corrected chi connectivity index (χ4v) is 2.85. The Morgan fingerprint density at radius 1 is 1.53 bits per heavy atom. The van der Waals surface area contributed by atoms with Crippen LogP contribution in [0.3, 0.4) is 0 Å². The summed E-state index contributed by atoms with van der Waals surface area (Å²) in [6.07, 6.45) is 0. The highest BCUT2D eigenvalue weighted by Gasteiger charge is 2.20. The highest BCUT2D eigenvalue weighted by molar-refractivity contribution is 7.19. The molecule has 0 atom stereocenters. The Hall–Kier alpha value is -1.59. The number of hydrogen-bond donors (Lipinski definition) is 1. The summed E-state index contributed by atoms with van der Waals surface area (Å²) in [7, 11) is 1.88. The Morgan fingerprint density at radius 2 is 2.26 bits per heavy atom. The number of thiazole rings is 1. The molecule has 2 aromatic rings. The summed E-state index contributed by atoms with van der Waals surface area (Å²) in [6, 6.07) is 7.14. The summed E-state index contributed by atoms with van der Waals surface area (Å²) >= 11 is 7.31. The van der Waals surface area contributed by atoms with Crippen LogP contribution < -0.4 is 4.90 Å². The summed E-state index contributed by atoms with van der Waals surface area (Å²) in [5.74, 6) is -1.03. The molecule has 6 heteroatoms. The first-order chi connectivity index (χ1) is 9.02. The van der Waals surface area contributed by atoms with Crippen molar-refractivity contribution >= 4 is 34.0 Å². The number of anilines is 1. The Balaban J connectivity index is 2.55. The van der Waals surface area contributed by atoms with Crippen LogP contribution >= 0.6 is 22.9 Å². The van der Waals surface area contributed by atoms with E-state index in [1.807, 2.05) is 24.9 Å². The van der Waals surface area contributed by atoms with Crippen LogP contribution in [0.1, 0.15) is 17.4 Å². The first kappa shape index (κ1) is 13.8. The molecule has 1 heterocycles. The summed E-state index contributed by atoms with van der Waals surface area (Å²) in [4.78, 5) is 18.0. The van der Waals surface area contributed by atoms with Crippen LogP contribution in [0.5, 0.6) is 0 Å². The highest BCUT2D eigenvalue weighted by atomic mass is 35.5. The number of halogens is 1. The van der Waals surface area contributed by atoms with Gasteiger partial charge < -0.3 is 10.0 Å². The predicted molar refractivity (Wildman–Crippen MR) is 78.5 cm³/mol. The fraction of sp³-hybridized carbons (Fsp3) is 0.231. The molecule has 0 fully saturated rings. The van der Waals surface area contributed by atoms with E-state index in [1.165, 1.54) is 11.3 Å². The van der Waals surface area contributed by atoms with Crippen molar-refractivity contribution in [3.05, 3.63) is 35.0 Å². The molecule has 0 amide bonds. The smallest absolute Gasteiger partial charge is 0.356 e. The summed E-state index contributed by atoms with van der Waals surface area (Å²) in [6.45, 7) is 2.75. The SMILES string of the molecule is CCN(C)c1nc(C(=O)O)c(-c2cccc(Cl)c2)s1. The third kappa shape index (κ3) is 2.88. The van der Waals surface area contributed by atoms with E-state index < -0.39 is 5.97 Å². The number of aromatic carboxylic acids is 1. The van der Waals surface area contributed by atoms with Gasteiger partial charge in [-0.1, -0.05) is 35.1 Å². The number of benzene rings is 1. The Bertz CT molecular complexity index is 612. The van der Waals surface area contributed by atoms with Crippen LogP contribution in [-0.2, 0) is 0 Å². The van der Waals surface area contributed by atoms with Gasteiger partial charge in [0.2, 0.25) is 0 Å². The van der Waals surface area contributed by atoms with E-state index in [-0.39, 0.29) is 5.69 Å². The zero-order chi connectivity index (χ0) is 14.0. The molecule has 0 unspecified atom stereocenters. The third-order valence-electron chi connectivity index (χ3n) is 2.71. The number of aromatic nitrogens is 1. The van der Waals surface area contributed by atoms with Gasteiger partial charge in [-0.2, -0.15) is 0 Å². The maximum absolute atomic E-state index is 11.3. The molecule has 4 nitrogen and oxygen atoms in total. The number of carboxylic acids is 1. The lowest BCUT2D eigenvalue weighted by atomic mass is 10.1. The second-order valence-electron chi connectivity index (χ2n) is 4.00. The molecule has 0 bridgehead atoms. The molecule has 0 aliphatic heterocycles. The number of carbonyl (C=O) groups is 1. The minimum absolute atomic E-state index is 0.0718. The molecule has 0 radical (unpaired) electrons. The number of carboxylic acid groups (broad SMARTS) is 1. The summed E-state index contributed by atoms with van der Waals surface area (Å²) in [5.41, 5.74) is 0.848. The van der Waals surface area contributed by atoms with Gasteiger partial charge in [-0.3, -0.25) is 0 Å². The van der Waals surface area contributed by atoms with Crippen molar-refractivity contribution in [1.29, 1.82) is 0 Å². The average molecular weight is 297 g/mol. The molecule has 0 spiro atoms. The Morgan fingerprint density at radius 3 is 2.84 bits per heavy atom. The first-order valence-electron chi connectivity index (χ1n) is 5.74. The molecule has 2 rings (SSSR count). The molecule has 0 aliphatic carbocycles. The van der Waals surface area contributed by atoms with Gasteiger partial charge >= 0.3 is 5.97 Å². The van der Waals surface area contributed by atoms with Crippen molar-refractivity contribution in [3.63, 3.8) is 0 Å². The molecule has 19 heavy (non-hydrogen) atoms. The molecule has 0 aliphatic rings. The van der Waals surface area contributed by atoms with Gasteiger partial charge in [0.1, 0.15) is 0 Å². The summed E-state index contributed by atoms with van der Waals surface area (Å²) in [5, 5.41) is 10.5. The molecule has 1 N–H and O–H groups in total. The van der Waals surface area contributed by atoms with E-state index in [1.54, 1.807) is 18.2 Å². The fourth-order valence-electron chi connectivity index (χ4n) is 1.58. The average Bonchev–Trinajstić information content (AvgIpc) is 2.83. The minimum atomic E-state index is -1.03. The Labute approximate surface area is 120 Å². The van der Waals surface area contributed by atoms with Crippen molar-refractivity contribution in [2.45, 2.75) is 6.92 Å². The van der Waals surface area contributed by atoms with Crippen LogP contribution in [-0.4, -0.2) is 29.7 Å². The van der Waals surface area contributed by atoms with Crippen molar-refractivity contribution in [2.75, 3.05) is 18.5 Å². The molecule has 100 valence electrons. The standard InChI is InChI=1S/C13H13ClN2O2S/c1-3-16(2)13-15-10(12(17)18)11(19-13)8-5-4-6-9(14)7-8/h4-7H,3H2,1-2H3,(H,17,18). The lowest BCUT2D eigenvalue weighted by Crippen LogP contribution is -2.15.